The number of nitrogens with one attached hydrogen (secondary N) is 1. The molecule has 0 aromatic heterocycles. The van der Waals surface area contributed by atoms with Crippen molar-refractivity contribution in [3.8, 4) is 0 Å². The summed E-state index contributed by atoms with van der Waals surface area (Å²) < 4.78 is 19.0. The van der Waals surface area contributed by atoms with Gasteiger partial charge in [0.05, 0.1) is 13.0 Å². The Morgan fingerprint density at radius 1 is 1.56 bits per heavy atom. The molecule has 18 heavy (non-hydrogen) atoms. The Morgan fingerprint density at radius 2 is 2.28 bits per heavy atom. The summed E-state index contributed by atoms with van der Waals surface area (Å²) in [6.45, 7) is 2.79. The molecule has 0 radical (unpaired) electrons. The lowest BCUT2D eigenvalue weighted by molar-refractivity contribution is -0.145. The number of carbonyl (C=O) groups is 1. The third-order valence-electron chi connectivity index (χ3n) is 2.74. The van der Waals surface area contributed by atoms with E-state index in [0.29, 0.717) is 25.1 Å². The smallest absolute Gasteiger partial charge is 0.309 e. The van der Waals surface area contributed by atoms with Gasteiger partial charge in [0, 0.05) is 23.1 Å². The Hall–Kier alpha value is -0.940. The fourth-order valence-electron chi connectivity index (χ4n) is 1.62. The first kappa shape index (κ1) is 15.1. The Bertz CT molecular complexity index is 412. The predicted octanol–water partition coefficient (Wildman–Crippen LogP) is 2.88. The van der Waals surface area contributed by atoms with Crippen LogP contribution in [-0.4, -0.2) is 19.6 Å². The molecule has 1 aromatic rings. The molecule has 1 atom stereocenters. The zero-order chi connectivity index (χ0) is 13.5. The molecule has 1 aromatic carbocycles. The van der Waals surface area contributed by atoms with E-state index in [1.165, 1.54) is 13.2 Å². The van der Waals surface area contributed by atoms with Crippen molar-refractivity contribution in [2.24, 2.45) is 5.92 Å². The molecule has 0 amide bonds. The van der Waals surface area contributed by atoms with Crippen LogP contribution in [0.4, 0.5) is 4.39 Å². The first-order chi connectivity index (χ1) is 8.58. The number of halogens is 2. The fraction of sp³-hybridized carbons (Fsp3) is 0.462. The van der Waals surface area contributed by atoms with Crippen molar-refractivity contribution < 1.29 is 13.9 Å². The standard InChI is InChI=1S/C13H17BrFNO2/c1-3-9(13(17)18-2)7-16-8-10-6-11(14)4-5-12(10)15/h4-6,9,16H,3,7-8H2,1-2H3. The molecule has 3 nitrogen and oxygen atoms in total. The number of esters is 1. The van der Waals surface area contributed by atoms with Crippen LogP contribution >= 0.6 is 15.9 Å². The summed E-state index contributed by atoms with van der Waals surface area (Å²) in [5.41, 5.74) is 0.573. The van der Waals surface area contributed by atoms with E-state index in [4.69, 9.17) is 0 Å². The molecule has 0 aliphatic carbocycles. The van der Waals surface area contributed by atoms with E-state index in [0.717, 1.165) is 4.47 Å². The summed E-state index contributed by atoms with van der Waals surface area (Å²) in [6.07, 6.45) is 0.695. The lowest BCUT2D eigenvalue weighted by atomic mass is 10.1. The molecule has 1 rings (SSSR count). The maximum absolute atomic E-state index is 13.4. The van der Waals surface area contributed by atoms with E-state index in [1.54, 1.807) is 12.1 Å². The van der Waals surface area contributed by atoms with Crippen LogP contribution in [0.15, 0.2) is 22.7 Å². The van der Waals surface area contributed by atoms with Crippen molar-refractivity contribution >= 4 is 21.9 Å². The first-order valence-electron chi connectivity index (χ1n) is 5.81. The monoisotopic (exact) mass is 317 g/mol. The third kappa shape index (κ3) is 4.38. The lowest BCUT2D eigenvalue weighted by Gasteiger charge is -2.13. The first-order valence-corrected chi connectivity index (χ1v) is 6.60. The van der Waals surface area contributed by atoms with Crippen molar-refractivity contribution in [2.75, 3.05) is 13.7 Å². The number of hydrogen-bond acceptors (Lipinski definition) is 3. The van der Waals surface area contributed by atoms with Crippen LogP contribution in [0.3, 0.4) is 0 Å². The molecular weight excluding hydrogens is 301 g/mol. The number of rotatable bonds is 6. The van der Waals surface area contributed by atoms with Crippen molar-refractivity contribution in [3.63, 3.8) is 0 Å². The summed E-state index contributed by atoms with van der Waals surface area (Å²) in [7, 11) is 1.37. The summed E-state index contributed by atoms with van der Waals surface area (Å²) in [5, 5.41) is 3.07. The molecule has 0 fully saturated rings. The van der Waals surface area contributed by atoms with Crippen LogP contribution < -0.4 is 5.32 Å². The quantitative estimate of drug-likeness (QED) is 0.820. The van der Waals surface area contributed by atoms with Crippen LogP contribution in [0.2, 0.25) is 0 Å². The average Bonchev–Trinajstić information content (AvgIpc) is 2.37. The Kier molecular flexibility index (Phi) is 6.29. The van der Waals surface area contributed by atoms with Crippen molar-refractivity contribution in [1.82, 2.24) is 5.32 Å². The number of benzene rings is 1. The normalized spacial score (nSPS) is 12.2. The second kappa shape index (κ2) is 7.48. The maximum atomic E-state index is 13.4. The Labute approximate surface area is 115 Å². The van der Waals surface area contributed by atoms with Crippen LogP contribution in [0, 0.1) is 11.7 Å². The van der Waals surface area contributed by atoms with E-state index in [2.05, 4.69) is 26.0 Å². The maximum Gasteiger partial charge on any atom is 0.309 e. The van der Waals surface area contributed by atoms with Crippen molar-refractivity contribution in [3.05, 3.63) is 34.1 Å². The second-order valence-electron chi connectivity index (χ2n) is 3.99. The zero-order valence-electron chi connectivity index (χ0n) is 10.5. The third-order valence-corrected chi connectivity index (χ3v) is 3.23. The summed E-state index contributed by atoms with van der Waals surface area (Å²) in [4.78, 5) is 11.4. The van der Waals surface area contributed by atoms with Gasteiger partial charge in [0.25, 0.3) is 0 Å². The summed E-state index contributed by atoms with van der Waals surface area (Å²) >= 11 is 3.30. The van der Waals surface area contributed by atoms with Gasteiger partial charge in [-0.25, -0.2) is 4.39 Å². The van der Waals surface area contributed by atoms with Gasteiger partial charge >= 0.3 is 5.97 Å². The van der Waals surface area contributed by atoms with Crippen LogP contribution in [0.5, 0.6) is 0 Å². The van der Waals surface area contributed by atoms with Gasteiger partial charge in [-0.15, -0.1) is 0 Å². The molecule has 0 aliphatic heterocycles. The van der Waals surface area contributed by atoms with E-state index < -0.39 is 0 Å². The van der Waals surface area contributed by atoms with Crippen LogP contribution in [0.1, 0.15) is 18.9 Å². The molecule has 1 unspecified atom stereocenters. The minimum atomic E-state index is -0.253. The molecule has 1 N–H and O–H groups in total. The van der Waals surface area contributed by atoms with Gasteiger partial charge in [0.1, 0.15) is 5.82 Å². The molecule has 100 valence electrons. The largest absolute Gasteiger partial charge is 0.469 e. The minimum Gasteiger partial charge on any atom is -0.469 e. The van der Waals surface area contributed by atoms with Gasteiger partial charge in [-0.1, -0.05) is 22.9 Å². The second-order valence-corrected chi connectivity index (χ2v) is 4.91. The van der Waals surface area contributed by atoms with Crippen molar-refractivity contribution in [2.45, 2.75) is 19.9 Å². The van der Waals surface area contributed by atoms with Crippen molar-refractivity contribution in [1.29, 1.82) is 0 Å². The highest BCUT2D eigenvalue weighted by Crippen LogP contribution is 2.15. The number of carbonyl (C=O) groups excluding carboxylic acids is 1. The zero-order valence-corrected chi connectivity index (χ0v) is 12.1. The van der Waals surface area contributed by atoms with Gasteiger partial charge in [-0.3, -0.25) is 4.79 Å². The highest BCUT2D eigenvalue weighted by molar-refractivity contribution is 9.10. The molecule has 0 bridgehead atoms. The molecule has 0 saturated heterocycles. The van der Waals surface area contributed by atoms with Gasteiger partial charge in [0.15, 0.2) is 0 Å². The van der Waals surface area contributed by atoms with Gasteiger partial charge in [-0.05, 0) is 24.6 Å². The Balaban J connectivity index is 2.50. The molecule has 5 heteroatoms. The van der Waals surface area contributed by atoms with Gasteiger partial charge in [0.2, 0.25) is 0 Å². The molecule has 0 heterocycles. The summed E-state index contributed by atoms with van der Waals surface area (Å²) in [5.74, 6) is -0.679. The number of methoxy groups -OCH3 is 1. The number of hydrogen-bond donors (Lipinski definition) is 1. The average molecular weight is 318 g/mol. The molecule has 0 saturated carbocycles. The highest BCUT2D eigenvalue weighted by Gasteiger charge is 2.16. The summed E-state index contributed by atoms with van der Waals surface area (Å²) in [6, 6.07) is 4.79. The van der Waals surface area contributed by atoms with E-state index in [9.17, 15) is 9.18 Å². The Morgan fingerprint density at radius 3 is 2.89 bits per heavy atom. The number of ether oxygens (including phenoxy) is 1. The van der Waals surface area contributed by atoms with E-state index >= 15 is 0 Å². The highest BCUT2D eigenvalue weighted by atomic mass is 79.9. The lowest BCUT2D eigenvalue weighted by Crippen LogP contribution is -2.28. The van der Waals surface area contributed by atoms with Crippen LogP contribution in [0.25, 0.3) is 0 Å². The predicted molar refractivity (Wildman–Crippen MR) is 71.6 cm³/mol. The SMILES string of the molecule is CCC(CNCc1cc(Br)ccc1F)C(=O)OC. The molecule has 0 aliphatic rings. The van der Waals surface area contributed by atoms with E-state index in [-0.39, 0.29) is 17.7 Å². The fourth-order valence-corrected chi connectivity index (χ4v) is 2.03. The topological polar surface area (TPSA) is 38.3 Å². The van der Waals surface area contributed by atoms with Gasteiger partial charge in [-0.2, -0.15) is 0 Å². The molecular formula is C13H17BrFNO2. The molecule has 0 spiro atoms. The van der Waals surface area contributed by atoms with Gasteiger partial charge < -0.3 is 10.1 Å². The minimum absolute atomic E-state index is 0.190. The van der Waals surface area contributed by atoms with Crippen LogP contribution in [-0.2, 0) is 16.1 Å². The van der Waals surface area contributed by atoms with E-state index in [1.807, 2.05) is 6.92 Å².